The minimum absolute atomic E-state index is 0.108. The van der Waals surface area contributed by atoms with Gasteiger partial charge in [0.15, 0.2) is 5.65 Å². The molecule has 3 heterocycles. The number of alkyl halides is 1. The highest BCUT2D eigenvalue weighted by molar-refractivity contribution is 6.20. The summed E-state index contributed by atoms with van der Waals surface area (Å²) in [5.74, 6) is 0.926. The standard InChI is InChI=1S/C16H23ClN4/c1-12(11-20-9-4-3-5-10-20)21-15(13(2)17)19-14-7-6-8-18-16(14)21/h6-8,12-13H,3-5,9-11H2,1-2H3. The number of nitrogens with zero attached hydrogens (tertiary/aromatic N) is 4. The maximum atomic E-state index is 6.34. The highest BCUT2D eigenvalue weighted by Crippen LogP contribution is 2.27. The molecule has 1 aliphatic heterocycles. The number of likely N-dealkylation sites (tertiary alicyclic amines) is 1. The number of pyridine rings is 1. The average Bonchev–Trinajstić information content (AvgIpc) is 2.88. The van der Waals surface area contributed by atoms with E-state index in [1.54, 1.807) is 0 Å². The molecule has 2 unspecified atom stereocenters. The first kappa shape index (κ1) is 14.8. The van der Waals surface area contributed by atoms with Crippen molar-refractivity contribution in [1.82, 2.24) is 19.4 Å². The Morgan fingerprint density at radius 1 is 1.24 bits per heavy atom. The van der Waals surface area contributed by atoms with Crippen LogP contribution in [-0.4, -0.2) is 39.1 Å². The van der Waals surface area contributed by atoms with Gasteiger partial charge in [-0.05, 0) is 51.9 Å². The molecule has 0 saturated carbocycles. The Kier molecular flexibility index (Phi) is 4.45. The molecule has 0 spiro atoms. The Bertz CT molecular complexity index is 601. The van der Waals surface area contributed by atoms with E-state index in [2.05, 4.69) is 26.4 Å². The molecule has 5 heteroatoms. The molecule has 0 N–H and O–H groups in total. The van der Waals surface area contributed by atoms with Gasteiger partial charge in [-0.1, -0.05) is 6.42 Å². The van der Waals surface area contributed by atoms with Crippen molar-refractivity contribution in [2.75, 3.05) is 19.6 Å². The van der Waals surface area contributed by atoms with Crippen LogP contribution in [0, 0.1) is 0 Å². The molecule has 2 atom stereocenters. The normalized spacial score (nSPS) is 19.8. The second kappa shape index (κ2) is 6.32. The van der Waals surface area contributed by atoms with E-state index in [1.807, 2.05) is 25.3 Å². The monoisotopic (exact) mass is 306 g/mol. The van der Waals surface area contributed by atoms with E-state index in [-0.39, 0.29) is 5.38 Å². The molecule has 0 aromatic carbocycles. The van der Waals surface area contributed by atoms with Gasteiger partial charge in [-0.2, -0.15) is 0 Å². The molecule has 0 amide bonds. The molecule has 2 aromatic heterocycles. The van der Waals surface area contributed by atoms with Gasteiger partial charge < -0.3 is 9.47 Å². The van der Waals surface area contributed by atoms with Gasteiger partial charge in [0, 0.05) is 18.8 Å². The zero-order valence-electron chi connectivity index (χ0n) is 12.8. The van der Waals surface area contributed by atoms with Crippen LogP contribution in [-0.2, 0) is 0 Å². The summed E-state index contributed by atoms with van der Waals surface area (Å²) in [6.45, 7) is 7.67. The lowest BCUT2D eigenvalue weighted by molar-refractivity contribution is 0.202. The molecule has 1 aliphatic rings. The third kappa shape index (κ3) is 3.06. The number of hydrogen-bond donors (Lipinski definition) is 0. The molecular formula is C16H23ClN4. The number of imidazole rings is 1. The lowest BCUT2D eigenvalue weighted by Gasteiger charge is -2.30. The third-order valence-corrected chi connectivity index (χ3v) is 4.44. The predicted octanol–water partition coefficient (Wildman–Crippen LogP) is 3.78. The topological polar surface area (TPSA) is 34.0 Å². The summed E-state index contributed by atoms with van der Waals surface area (Å²) in [7, 11) is 0. The fourth-order valence-corrected chi connectivity index (χ4v) is 3.41. The molecule has 2 aromatic rings. The Morgan fingerprint density at radius 2 is 2.00 bits per heavy atom. The summed E-state index contributed by atoms with van der Waals surface area (Å²) < 4.78 is 2.22. The van der Waals surface area contributed by atoms with E-state index in [9.17, 15) is 0 Å². The van der Waals surface area contributed by atoms with Gasteiger partial charge in [0.25, 0.3) is 0 Å². The SMILES string of the molecule is CC(Cl)c1nc2cccnc2n1C(C)CN1CCCCC1. The Morgan fingerprint density at radius 3 is 2.71 bits per heavy atom. The summed E-state index contributed by atoms with van der Waals surface area (Å²) in [6.07, 6.45) is 5.82. The highest BCUT2D eigenvalue weighted by Gasteiger charge is 2.22. The van der Waals surface area contributed by atoms with E-state index in [1.165, 1.54) is 32.4 Å². The second-order valence-electron chi connectivity index (χ2n) is 6.01. The number of aromatic nitrogens is 3. The smallest absolute Gasteiger partial charge is 0.160 e. The van der Waals surface area contributed by atoms with Crippen LogP contribution in [0.5, 0.6) is 0 Å². The zero-order valence-corrected chi connectivity index (χ0v) is 13.6. The molecule has 4 nitrogen and oxygen atoms in total. The number of halogens is 1. The molecule has 1 saturated heterocycles. The highest BCUT2D eigenvalue weighted by atomic mass is 35.5. The van der Waals surface area contributed by atoms with Crippen molar-refractivity contribution in [3.05, 3.63) is 24.2 Å². The molecule has 0 bridgehead atoms. The van der Waals surface area contributed by atoms with Crippen LogP contribution in [0.15, 0.2) is 18.3 Å². The van der Waals surface area contributed by atoms with Crippen molar-refractivity contribution >= 4 is 22.8 Å². The van der Waals surface area contributed by atoms with E-state index in [0.717, 1.165) is 23.5 Å². The number of piperidine rings is 1. The van der Waals surface area contributed by atoms with Crippen molar-refractivity contribution in [1.29, 1.82) is 0 Å². The minimum atomic E-state index is -0.108. The lowest BCUT2D eigenvalue weighted by Crippen LogP contribution is -2.34. The molecule has 0 radical (unpaired) electrons. The number of rotatable bonds is 4. The molecule has 21 heavy (non-hydrogen) atoms. The first-order valence-corrected chi connectivity index (χ1v) is 8.29. The van der Waals surface area contributed by atoms with Gasteiger partial charge >= 0.3 is 0 Å². The van der Waals surface area contributed by atoms with Crippen molar-refractivity contribution in [2.24, 2.45) is 0 Å². The largest absolute Gasteiger partial charge is 0.307 e. The first-order chi connectivity index (χ1) is 10.2. The van der Waals surface area contributed by atoms with Crippen molar-refractivity contribution < 1.29 is 0 Å². The average molecular weight is 307 g/mol. The van der Waals surface area contributed by atoms with Crippen molar-refractivity contribution in [3.63, 3.8) is 0 Å². The van der Waals surface area contributed by atoms with Gasteiger partial charge in [0.1, 0.15) is 11.3 Å². The van der Waals surface area contributed by atoms with Crippen LogP contribution in [0.2, 0.25) is 0 Å². The van der Waals surface area contributed by atoms with Crippen LogP contribution in [0.1, 0.15) is 50.4 Å². The predicted molar refractivity (Wildman–Crippen MR) is 86.8 cm³/mol. The number of hydrogen-bond acceptors (Lipinski definition) is 3. The van der Waals surface area contributed by atoms with Gasteiger partial charge in [-0.3, -0.25) is 0 Å². The lowest BCUT2D eigenvalue weighted by atomic mass is 10.1. The Balaban J connectivity index is 1.91. The molecule has 0 aliphatic carbocycles. The molecule has 1 fully saturated rings. The van der Waals surface area contributed by atoms with E-state index in [0.29, 0.717) is 6.04 Å². The third-order valence-electron chi connectivity index (χ3n) is 4.24. The number of fused-ring (bicyclic) bond motifs is 1. The molecule has 3 rings (SSSR count). The maximum absolute atomic E-state index is 6.34. The van der Waals surface area contributed by atoms with E-state index >= 15 is 0 Å². The van der Waals surface area contributed by atoms with Gasteiger partial charge in [-0.15, -0.1) is 11.6 Å². The van der Waals surface area contributed by atoms with E-state index < -0.39 is 0 Å². The quantitative estimate of drug-likeness (QED) is 0.806. The summed E-state index contributed by atoms with van der Waals surface area (Å²) >= 11 is 6.34. The fourth-order valence-electron chi connectivity index (χ4n) is 3.26. The van der Waals surface area contributed by atoms with Crippen LogP contribution in [0.3, 0.4) is 0 Å². The maximum Gasteiger partial charge on any atom is 0.160 e. The van der Waals surface area contributed by atoms with Gasteiger partial charge in [-0.25, -0.2) is 9.97 Å². The van der Waals surface area contributed by atoms with Crippen LogP contribution in [0.25, 0.3) is 11.2 Å². The first-order valence-electron chi connectivity index (χ1n) is 7.86. The summed E-state index contributed by atoms with van der Waals surface area (Å²) in [5.41, 5.74) is 1.88. The van der Waals surface area contributed by atoms with Crippen LogP contribution in [0.4, 0.5) is 0 Å². The van der Waals surface area contributed by atoms with Gasteiger partial charge in [0.2, 0.25) is 0 Å². The van der Waals surface area contributed by atoms with E-state index in [4.69, 9.17) is 11.6 Å². The van der Waals surface area contributed by atoms with Gasteiger partial charge in [0.05, 0.1) is 5.38 Å². The Labute approximate surface area is 131 Å². The minimum Gasteiger partial charge on any atom is -0.307 e. The van der Waals surface area contributed by atoms with Crippen LogP contribution < -0.4 is 0 Å². The second-order valence-corrected chi connectivity index (χ2v) is 6.67. The molecule has 114 valence electrons. The molecular weight excluding hydrogens is 284 g/mol. The summed E-state index contributed by atoms with van der Waals surface area (Å²) in [5, 5.41) is -0.108. The van der Waals surface area contributed by atoms with Crippen molar-refractivity contribution in [2.45, 2.75) is 44.5 Å². The Hall–Kier alpha value is -1.13. The summed E-state index contributed by atoms with van der Waals surface area (Å²) in [4.78, 5) is 11.7. The van der Waals surface area contributed by atoms with Crippen molar-refractivity contribution in [3.8, 4) is 0 Å². The zero-order chi connectivity index (χ0) is 14.8. The summed E-state index contributed by atoms with van der Waals surface area (Å²) in [6, 6.07) is 4.27. The fraction of sp³-hybridized carbons (Fsp3) is 0.625. The van der Waals surface area contributed by atoms with Crippen LogP contribution >= 0.6 is 11.6 Å².